The van der Waals surface area contributed by atoms with Gasteiger partial charge >= 0.3 is 0 Å². The maximum atomic E-state index is 12.7. The average molecular weight is 364 g/mol. The summed E-state index contributed by atoms with van der Waals surface area (Å²) in [7, 11) is -3.39. The molecule has 4 nitrogen and oxygen atoms in total. The summed E-state index contributed by atoms with van der Waals surface area (Å²) < 4.78 is 25.0. The van der Waals surface area contributed by atoms with E-state index < -0.39 is 9.84 Å². The van der Waals surface area contributed by atoms with E-state index in [0.717, 1.165) is 24.9 Å². The minimum absolute atomic E-state index is 0.0174. The van der Waals surface area contributed by atoms with Crippen LogP contribution in [0.2, 0.25) is 0 Å². The van der Waals surface area contributed by atoms with Gasteiger partial charge in [-0.1, -0.05) is 37.0 Å². The van der Waals surface area contributed by atoms with Crippen molar-refractivity contribution in [2.45, 2.75) is 69.2 Å². The van der Waals surface area contributed by atoms with Gasteiger partial charge in [0.1, 0.15) is 0 Å². The zero-order valence-electron chi connectivity index (χ0n) is 15.1. The number of hydrogen-bond acceptors (Lipinski definition) is 3. The normalized spacial score (nSPS) is 22.3. The van der Waals surface area contributed by atoms with Gasteiger partial charge in [-0.05, 0) is 50.7 Å². The second-order valence-electron chi connectivity index (χ2n) is 7.58. The van der Waals surface area contributed by atoms with E-state index >= 15 is 0 Å². The molecule has 1 saturated carbocycles. The van der Waals surface area contributed by atoms with E-state index in [1.54, 1.807) is 24.3 Å². The van der Waals surface area contributed by atoms with Crippen LogP contribution in [0.1, 0.15) is 56.9 Å². The van der Waals surface area contributed by atoms with Gasteiger partial charge in [-0.3, -0.25) is 4.79 Å². The lowest BCUT2D eigenvalue weighted by Crippen LogP contribution is -2.41. The summed E-state index contributed by atoms with van der Waals surface area (Å²) in [5.74, 6) is 0.542. The molecule has 1 aliphatic carbocycles. The second-order valence-corrected chi connectivity index (χ2v) is 9.69. The van der Waals surface area contributed by atoms with Crippen molar-refractivity contribution in [1.82, 2.24) is 4.90 Å². The van der Waals surface area contributed by atoms with Gasteiger partial charge in [0.2, 0.25) is 5.91 Å². The maximum absolute atomic E-state index is 12.7. The first kappa shape index (κ1) is 18.4. The van der Waals surface area contributed by atoms with E-state index in [1.165, 1.54) is 32.1 Å². The van der Waals surface area contributed by atoms with Crippen LogP contribution in [0.3, 0.4) is 0 Å². The molecule has 2 aliphatic rings. The van der Waals surface area contributed by atoms with Crippen molar-refractivity contribution in [2.75, 3.05) is 12.3 Å². The summed E-state index contributed by atoms with van der Waals surface area (Å²) in [6.45, 7) is 2.73. The Kier molecular flexibility index (Phi) is 5.82. The molecule has 1 aliphatic heterocycles. The first-order chi connectivity index (χ1) is 12.0. The van der Waals surface area contributed by atoms with Crippen molar-refractivity contribution in [3.05, 3.63) is 29.8 Å². The van der Waals surface area contributed by atoms with E-state index in [1.807, 2.05) is 11.8 Å². The molecule has 1 aromatic carbocycles. The van der Waals surface area contributed by atoms with Gasteiger partial charge in [0.15, 0.2) is 9.84 Å². The highest BCUT2D eigenvalue weighted by Crippen LogP contribution is 2.34. The van der Waals surface area contributed by atoms with Crippen LogP contribution < -0.4 is 0 Å². The van der Waals surface area contributed by atoms with Gasteiger partial charge in [-0.15, -0.1) is 0 Å². The van der Waals surface area contributed by atoms with Gasteiger partial charge < -0.3 is 4.90 Å². The molecular formula is C20H29NO3S. The summed E-state index contributed by atoms with van der Waals surface area (Å²) >= 11 is 0. The minimum Gasteiger partial charge on any atom is -0.339 e. The number of nitrogens with zero attached hydrogens (tertiary/aromatic N) is 1. The summed E-state index contributed by atoms with van der Waals surface area (Å²) in [6.07, 6.45) is 8.52. The molecule has 138 valence electrons. The molecule has 1 amide bonds. The molecule has 1 heterocycles. The average Bonchev–Trinajstić information content (AvgIpc) is 3.11. The zero-order valence-corrected chi connectivity index (χ0v) is 15.9. The lowest BCUT2D eigenvalue weighted by molar-refractivity contribution is -0.132. The lowest BCUT2D eigenvalue weighted by Gasteiger charge is -2.34. The van der Waals surface area contributed by atoms with Crippen LogP contribution in [0.4, 0.5) is 0 Å². The standard InChI is InChI=1S/C20H29NO3S/c1-16-9-11-18(12-10-16)25(23,24)15-13-20(22)21-14-5-8-19(21)17-6-3-2-4-7-17/h9-12,17,19H,2-8,13-15H2,1H3/t19-/m0/s1. The van der Waals surface area contributed by atoms with Crippen molar-refractivity contribution < 1.29 is 13.2 Å². The van der Waals surface area contributed by atoms with Crippen molar-refractivity contribution in [3.8, 4) is 0 Å². The second kappa shape index (κ2) is 7.90. The Morgan fingerprint density at radius 1 is 1.04 bits per heavy atom. The number of hydrogen-bond donors (Lipinski definition) is 0. The van der Waals surface area contributed by atoms with Crippen LogP contribution >= 0.6 is 0 Å². The Labute approximate surface area is 151 Å². The number of sulfone groups is 1. The van der Waals surface area contributed by atoms with Crippen LogP contribution in [-0.4, -0.2) is 37.6 Å². The Balaban J connectivity index is 1.60. The predicted octanol–water partition coefficient (Wildman–Crippen LogP) is 3.73. The van der Waals surface area contributed by atoms with Crippen LogP contribution in [0, 0.1) is 12.8 Å². The van der Waals surface area contributed by atoms with Gasteiger partial charge in [-0.2, -0.15) is 0 Å². The molecule has 3 rings (SSSR count). The summed E-state index contributed by atoms with van der Waals surface area (Å²) in [4.78, 5) is 15.0. The molecule has 0 spiro atoms. The summed E-state index contributed by atoms with van der Waals surface area (Å²) in [5, 5.41) is 0. The first-order valence-corrected chi connectivity index (χ1v) is 11.2. The van der Waals surface area contributed by atoms with Crippen molar-refractivity contribution in [1.29, 1.82) is 0 Å². The number of aryl methyl sites for hydroxylation is 1. The third-order valence-corrected chi connectivity index (χ3v) is 7.51. The van der Waals surface area contributed by atoms with Crippen LogP contribution in [0.5, 0.6) is 0 Å². The van der Waals surface area contributed by atoms with E-state index in [9.17, 15) is 13.2 Å². The third-order valence-electron chi connectivity index (χ3n) is 5.78. The van der Waals surface area contributed by atoms with Gasteiger partial charge in [0.25, 0.3) is 0 Å². The highest BCUT2D eigenvalue weighted by Gasteiger charge is 2.35. The lowest BCUT2D eigenvalue weighted by atomic mass is 9.83. The summed E-state index contributed by atoms with van der Waals surface area (Å²) in [5.41, 5.74) is 1.03. The first-order valence-electron chi connectivity index (χ1n) is 9.56. The SMILES string of the molecule is Cc1ccc(S(=O)(=O)CCC(=O)N2CCC[C@H]2C2CCCCC2)cc1. The molecule has 1 saturated heterocycles. The number of carbonyl (C=O) groups is 1. The zero-order chi connectivity index (χ0) is 17.9. The van der Waals surface area contributed by atoms with Crippen molar-refractivity contribution in [3.63, 3.8) is 0 Å². The Bertz CT molecular complexity index is 690. The number of carbonyl (C=O) groups excluding carboxylic acids is 1. The highest BCUT2D eigenvalue weighted by atomic mass is 32.2. The monoisotopic (exact) mass is 363 g/mol. The number of amides is 1. The van der Waals surface area contributed by atoms with E-state index in [0.29, 0.717) is 16.9 Å². The summed E-state index contributed by atoms with van der Waals surface area (Å²) in [6, 6.07) is 7.21. The Hall–Kier alpha value is -1.36. The van der Waals surface area contributed by atoms with Crippen LogP contribution in [-0.2, 0) is 14.6 Å². The Morgan fingerprint density at radius 2 is 1.72 bits per heavy atom. The van der Waals surface area contributed by atoms with Crippen molar-refractivity contribution >= 4 is 15.7 Å². The smallest absolute Gasteiger partial charge is 0.223 e. The maximum Gasteiger partial charge on any atom is 0.223 e. The molecule has 1 atom stereocenters. The molecule has 0 bridgehead atoms. The molecule has 2 fully saturated rings. The molecule has 0 radical (unpaired) electrons. The number of likely N-dealkylation sites (tertiary alicyclic amines) is 1. The van der Waals surface area contributed by atoms with Crippen LogP contribution in [0.25, 0.3) is 0 Å². The Morgan fingerprint density at radius 3 is 2.40 bits per heavy atom. The topological polar surface area (TPSA) is 54.5 Å². The van der Waals surface area contributed by atoms with Crippen molar-refractivity contribution in [2.24, 2.45) is 5.92 Å². The quantitative estimate of drug-likeness (QED) is 0.801. The number of benzene rings is 1. The predicted molar refractivity (Wildman–Crippen MR) is 99.2 cm³/mol. The molecule has 1 aromatic rings. The van der Waals surface area contributed by atoms with E-state index in [2.05, 4.69) is 0 Å². The van der Waals surface area contributed by atoms with E-state index in [4.69, 9.17) is 0 Å². The van der Waals surface area contributed by atoms with E-state index in [-0.39, 0.29) is 18.1 Å². The van der Waals surface area contributed by atoms with Gasteiger partial charge in [0.05, 0.1) is 10.6 Å². The third kappa shape index (κ3) is 4.43. The molecule has 25 heavy (non-hydrogen) atoms. The molecule has 0 N–H and O–H groups in total. The fourth-order valence-electron chi connectivity index (χ4n) is 4.34. The largest absolute Gasteiger partial charge is 0.339 e. The minimum atomic E-state index is -3.39. The number of rotatable bonds is 5. The highest BCUT2D eigenvalue weighted by molar-refractivity contribution is 7.91. The van der Waals surface area contributed by atoms with Crippen LogP contribution in [0.15, 0.2) is 29.2 Å². The molecule has 0 unspecified atom stereocenters. The molecular weight excluding hydrogens is 334 g/mol. The van der Waals surface area contributed by atoms with Gasteiger partial charge in [0, 0.05) is 19.0 Å². The molecule has 0 aromatic heterocycles. The fourth-order valence-corrected chi connectivity index (χ4v) is 5.57. The fraction of sp³-hybridized carbons (Fsp3) is 0.650. The van der Waals surface area contributed by atoms with Gasteiger partial charge in [-0.25, -0.2) is 8.42 Å². The molecule has 5 heteroatoms.